The summed E-state index contributed by atoms with van der Waals surface area (Å²) >= 11 is 0. The Hall–Kier alpha value is -1.60. The van der Waals surface area contributed by atoms with Crippen LogP contribution in [0, 0.1) is 5.41 Å². The third-order valence-electron chi connectivity index (χ3n) is 2.71. The van der Waals surface area contributed by atoms with Crippen LogP contribution in [0.4, 0.5) is 5.69 Å². The fourth-order valence-electron chi connectivity index (χ4n) is 1.46. The van der Waals surface area contributed by atoms with Gasteiger partial charge in [-0.1, -0.05) is 6.07 Å². The summed E-state index contributed by atoms with van der Waals surface area (Å²) in [6.07, 6.45) is 0. The molecule has 0 bridgehead atoms. The predicted molar refractivity (Wildman–Crippen MR) is 73.9 cm³/mol. The molecule has 106 valence electrons. The largest absolute Gasteiger partial charge is 0.399 e. The highest BCUT2D eigenvalue weighted by molar-refractivity contribution is 7.89. The Morgan fingerprint density at radius 3 is 2.53 bits per heavy atom. The fourth-order valence-corrected chi connectivity index (χ4v) is 2.73. The van der Waals surface area contributed by atoms with E-state index in [-0.39, 0.29) is 17.3 Å². The van der Waals surface area contributed by atoms with E-state index in [1.165, 1.54) is 19.2 Å². The lowest BCUT2D eigenvalue weighted by atomic mass is 9.93. The number of hydrogen-bond donors (Lipinski definition) is 3. The zero-order chi connectivity index (χ0) is 14.7. The number of rotatable bonds is 5. The van der Waals surface area contributed by atoms with E-state index in [0.29, 0.717) is 5.69 Å². The molecule has 0 aliphatic heterocycles. The summed E-state index contributed by atoms with van der Waals surface area (Å²) in [6.45, 7) is 3.32. The lowest BCUT2D eigenvalue weighted by molar-refractivity contribution is -0.128. The van der Waals surface area contributed by atoms with Gasteiger partial charge in [-0.2, -0.15) is 0 Å². The molecule has 0 spiro atoms. The molecule has 0 aliphatic carbocycles. The van der Waals surface area contributed by atoms with Gasteiger partial charge >= 0.3 is 0 Å². The van der Waals surface area contributed by atoms with Gasteiger partial charge < -0.3 is 11.1 Å². The molecule has 0 unspecified atom stereocenters. The minimum Gasteiger partial charge on any atom is -0.399 e. The fraction of sp³-hybridized carbons (Fsp3) is 0.417. The Morgan fingerprint density at radius 1 is 1.37 bits per heavy atom. The lowest BCUT2D eigenvalue weighted by Gasteiger charge is -2.22. The molecule has 0 fully saturated rings. The average Bonchev–Trinajstić information content (AvgIpc) is 2.35. The molecule has 1 aromatic carbocycles. The maximum atomic E-state index is 12.0. The molecule has 1 rings (SSSR count). The summed E-state index contributed by atoms with van der Waals surface area (Å²) in [5.41, 5.74) is 5.09. The van der Waals surface area contributed by atoms with Crippen LogP contribution in [0.1, 0.15) is 13.8 Å². The van der Waals surface area contributed by atoms with E-state index < -0.39 is 15.4 Å². The molecule has 0 aliphatic rings. The van der Waals surface area contributed by atoms with E-state index in [2.05, 4.69) is 10.0 Å². The van der Waals surface area contributed by atoms with Gasteiger partial charge in [-0.25, -0.2) is 13.1 Å². The van der Waals surface area contributed by atoms with Crippen LogP contribution in [0.5, 0.6) is 0 Å². The standard InChI is InChI=1S/C12H19N3O3S/c1-12(2,11(16)14-3)8-15-19(17,18)10-6-4-5-9(13)7-10/h4-7,15H,8,13H2,1-3H3,(H,14,16). The van der Waals surface area contributed by atoms with Crippen molar-refractivity contribution in [1.82, 2.24) is 10.0 Å². The van der Waals surface area contributed by atoms with Gasteiger partial charge in [0, 0.05) is 19.3 Å². The molecule has 0 heterocycles. The van der Waals surface area contributed by atoms with E-state index >= 15 is 0 Å². The van der Waals surface area contributed by atoms with Crippen LogP contribution < -0.4 is 15.8 Å². The van der Waals surface area contributed by atoms with Crippen molar-refractivity contribution in [1.29, 1.82) is 0 Å². The zero-order valence-corrected chi connectivity index (χ0v) is 12.0. The molecule has 1 aromatic rings. The number of anilines is 1. The Bertz CT molecular complexity index is 567. The molecular weight excluding hydrogens is 266 g/mol. The van der Waals surface area contributed by atoms with Gasteiger partial charge in [-0.15, -0.1) is 0 Å². The second-order valence-electron chi connectivity index (χ2n) is 4.86. The summed E-state index contributed by atoms with van der Waals surface area (Å²) < 4.78 is 26.5. The Morgan fingerprint density at radius 2 is 2.00 bits per heavy atom. The predicted octanol–water partition coefficient (Wildman–Crippen LogP) is 0.319. The van der Waals surface area contributed by atoms with Gasteiger partial charge in [0.05, 0.1) is 10.3 Å². The zero-order valence-electron chi connectivity index (χ0n) is 11.2. The molecule has 0 saturated heterocycles. The van der Waals surface area contributed by atoms with Crippen LogP contribution in [0.25, 0.3) is 0 Å². The van der Waals surface area contributed by atoms with E-state index in [1.807, 2.05) is 0 Å². The number of nitrogens with one attached hydrogen (secondary N) is 2. The molecule has 19 heavy (non-hydrogen) atoms. The van der Waals surface area contributed by atoms with E-state index in [9.17, 15) is 13.2 Å². The molecular formula is C12H19N3O3S. The monoisotopic (exact) mass is 285 g/mol. The summed E-state index contributed by atoms with van der Waals surface area (Å²) in [5.74, 6) is -0.234. The number of nitrogens with two attached hydrogens (primary N) is 1. The SMILES string of the molecule is CNC(=O)C(C)(C)CNS(=O)(=O)c1cccc(N)c1. The quantitative estimate of drug-likeness (QED) is 0.678. The van der Waals surface area contributed by atoms with Crippen molar-refractivity contribution in [3.8, 4) is 0 Å². The Labute approximate surface area is 113 Å². The summed E-state index contributed by atoms with van der Waals surface area (Å²) in [6, 6.07) is 5.99. The number of carbonyl (C=O) groups is 1. The molecule has 7 heteroatoms. The van der Waals surface area contributed by atoms with Crippen molar-refractivity contribution in [2.45, 2.75) is 18.7 Å². The van der Waals surface area contributed by atoms with Gasteiger partial charge in [-0.05, 0) is 32.0 Å². The first-order valence-electron chi connectivity index (χ1n) is 5.76. The number of benzene rings is 1. The number of hydrogen-bond acceptors (Lipinski definition) is 4. The van der Waals surface area contributed by atoms with Gasteiger partial charge in [0.2, 0.25) is 15.9 Å². The smallest absolute Gasteiger partial charge is 0.240 e. The molecule has 0 radical (unpaired) electrons. The first-order valence-corrected chi connectivity index (χ1v) is 7.25. The van der Waals surface area contributed by atoms with Gasteiger partial charge in [-0.3, -0.25) is 4.79 Å². The second kappa shape index (κ2) is 5.58. The number of nitrogen functional groups attached to an aromatic ring is 1. The maximum Gasteiger partial charge on any atom is 0.240 e. The molecule has 0 saturated carbocycles. The normalized spacial score (nSPS) is 12.2. The summed E-state index contributed by atoms with van der Waals surface area (Å²) in [5, 5.41) is 2.50. The summed E-state index contributed by atoms with van der Waals surface area (Å²) in [7, 11) is -2.16. The first-order chi connectivity index (χ1) is 8.69. The molecule has 0 atom stereocenters. The van der Waals surface area contributed by atoms with Crippen molar-refractivity contribution in [2.75, 3.05) is 19.3 Å². The van der Waals surface area contributed by atoms with Crippen LogP contribution >= 0.6 is 0 Å². The Kier molecular flexibility index (Phi) is 4.54. The lowest BCUT2D eigenvalue weighted by Crippen LogP contribution is -2.43. The van der Waals surface area contributed by atoms with Crippen molar-refractivity contribution in [3.05, 3.63) is 24.3 Å². The molecule has 1 amide bonds. The highest BCUT2D eigenvalue weighted by atomic mass is 32.2. The van der Waals surface area contributed by atoms with Crippen LogP contribution in [0.2, 0.25) is 0 Å². The van der Waals surface area contributed by atoms with Crippen molar-refractivity contribution >= 4 is 21.6 Å². The van der Waals surface area contributed by atoms with E-state index in [0.717, 1.165) is 0 Å². The van der Waals surface area contributed by atoms with Crippen LogP contribution in [-0.4, -0.2) is 27.9 Å². The van der Waals surface area contributed by atoms with E-state index in [1.54, 1.807) is 26.0 Å². The number of sulfonamides is 1. The highest BCUT2D eigenvalue weighted by Gasteiger charge is 2.28. The Balaban J connectivity index is 2.85. The van der Waals surface area contributed by atoms with Gasteiger partial charge in [0.15, 0.2) is 0 Å². The van der Waals surface area contributed by atoms with Crippen molar-refractivity contribution in [3.63, 3.8) is 0 Å². The van der Waals surface area contributed by atoms with Crippen LogP contribution in [0.15, 0.2) is 29.2 Å². The van der Waals surface area contributed by atoms with Gasteiger partial charge in [0.1, 0.15) is 0 Å². The minimum absolute atomic E-state index is 0.00378. The maximum absolute atomic E-state index is 12.0. The summed E-state index contributed by atoms with van der Waals surface area (Å²) in [4.78, 5) is 11.7. The average molecular weight is 285 g/mol. The molecule has 4 N–H and O–H groups in total. The van der Waals surface area contributed by atoms with Crippen LogP contribution in [-0.2, 0) is 14.8 Å². The first kappa shape index (κ1) is 15.5. The third kappa shape index (κ3) is 3.93. The van der Waals surface area contributed by atoms with Crippen molar-refractivity contribution < 1.29 is 13.2 Å². The highest BCUT2D eigenvalue weighted by Crippen LogP contribution is 2.17. The minimum atomic E-state index is -3.67. The molecule has 6 nitrogen and oxygen atoms in total. The number of amides is 1. The van der Waals surface area contributed by atoms with E-state index in [4.69, 9.17) is 5.73 Å². The number of carbonyl (C=O) groups excluding carboxylic acids is 1. The van der Waals surface area contributed by atoms with Crippen LogP contribution in [0.3, 0.4) is 0 Å². The third-order valence-corrected chi connectivity index (χ3v) is 4.11. The second-order valence-corrected chi connectivity index (χ2v) is 6.63. The topological polar surface area (TPSA) is 101 Å². The van der Waals surface area contributed by atoms with Gasteiger partial charge in [0.25, 0.3) is 0 Å². The van der Waals surface area contributed by atoms with Crippen molar-refractivity contribution in [2.24, 2.45) is 5.41 Å². The molecule has 0 aromatic heterocycles.